The van der Waals surface area contributed by atoms with E-state index < -0.39 is 0 Å². The van der Waals surface area contributed by atoms with Gasteiger partial charge in [0.2, 0.25) is 11.0 Å². The van der Waals surface area contributed by atoms with Crippen molar-refractivity contribution in [3.8, 4) is 22.5 Å². The van der Waals surface area contributed by atoms with E-state index in [1.807, 2.05) is 60.7 Å². The monoisotopic (exact) mass is 333 g/mol. The zero-order valence-corrected chi connectivity index (χ0v) is 13.3. The van der Waals surface area contributed by atoms with Crippen LogP contribution >= 0.6 is 11.6 Å². The lowest BCUT2D eigenvalue weighted by Gasteiger charge is -2.10. The largest absolute Gasteiger partial charge is 0.618 e. The summed E-state index contributed by atoms with van der Waals surface area (Å²) in [4.78, 5) is 8.71. The highest BCUT2D eigenvalue weighted by molar-refractivity contribution is 6.29. The van der Waals surface area contributed by atoms with E-state index in [9.17, 15) is 5.21 Å². The predicted octanol–water partition coefficient (Wildman–Crippen LogP) is 4.25. The number of hydrogen-bond acceptors (Lipinski definition) is 3. The van der Waals surface area contributed by atoms with Crippen LogP contribution in [0.2, 0.25) is 5.28 Å². The van der Waals surface area contributed by atoms with Crippen LogP contribution in [-0.4, -0.2) is 9.97 Å². The zero-order valence-electron chi connectivity index (χ0n) is 12.6. The summed E-state index contributed by atoms with van der Waals surface area (Å²) in [5.41, 5.74) is 3.43. The van der Waals surface area contributed by atoms with Gasteiger partial charge in [0.05, 0.1) is 5.69 Å². The molecule has 0 aliphatic carbocycles. The summed E-state index contributed by atoms with van der Waals surface area (Å²) >= 11 is 6.15. The molecular formula is C19H12ClN3O. The third-order valence-corrected chi connectivity index (χ3v) is 4.00. The number of nitrogens with zero attached hydrogens (tertiary/aromatic N) is 3. The van der Waals surface area contributed by atoms with Gasteiger partial charge in [-0.25, -0.2) is 9.97 Å². The van der Waals surface area contributed by atoms with E-state index in [2.05, 4.69) is 9.97 Å². The molecule has 0 N–H and O–H groups in total. The second-order valence-corrected chi connectivity index (χ2v) is 5.66. The maximum absolute atomic E-state index is 12.4. The standard InChI is InChI=1S/C19H12ClN3O/c20-19-21-16(13-7-3-1-4-8-13)15-11-12-23(24)18(17(15)22-19)14-9-5-2-6-10-14/h1-12H. The van der Waals surface area contributed by atoms with Gasteiger partial charge < -0.3 is 5.21 Å². The third kappa shape index (κ3) is 2.47. The molecule has 2 aromatic heterocycles. The fourth-order valence-corrected chi connectivity index (χ4v) is 2.95. The highest BCUT2D eigenvalue weighted by atomic mass is 35.5. The molecule has 0 aliphatic heterocycles. The normalized spacial score (nSPS) is 10.9. The van der Waals surface area contributed by atoms with Crippen molar-refractivity contribution < 1.29 is 4.73 Å². The first-order valence-corrected chi connectivity index (χ1v) is 7.82. The molecule has 116 valence electrons. The Balaban J connectivity index is 2.09. The first-order valence-electron chi connectivity index (χ1n) is 7.44. The Morgan fingerprint density at radius 3 is 2.08 bits per heavy atom. The Hall–Kier alpha value is -2.98. The van der Waals surface area contributed by atoms with E-state index in [1.165, 1.54) is 6.20 Å². The minimum absolute atomic E-state index is 0.115. The summed E-state index contributed by atoms with van der Waals surface area (Å²) in [5, 5.41) is 13.3. The lowest BCUT2D eigenvalue weighted by atomic mass is 10.0. The first kappa shape index (κ1) is 14.6. The topological polar surface area (TPSA) is 52.7 Å². The van der Waals surface area contributed by atoms with Gasteiger partial charge in [-0.05, 0) is 23.7 Å². The fraction of sp³-hybridized carbons (Fsp3) is 0. The Morgan fingerprint density at radius 1 is 0.792 bits per heavy atom. The summed E-state index contributed by atoms with van der Waals surface area (Å²) < 4.78 is 0.815. The molecule has 0 unspecified atom stereocenters. The van der Waals surface area contributed by atoms with Crippen LogP contribution in [0.15, 0.2) is 72.9 Å². The van der Waals surface area contributed by atoms with E-state index in [0.29, 0.717) is 16.9 Å². The Kier molecular flexibility index (Phi) is 3.59. The second kappa shape index (κ2) is 5.91. The minimum Gasteiger partial charge on any atom is -0.618 e. The number of aromatic nitrogens is 3. The van der Waals surface area contributed by atoms with Gasteiger partial charge >= 0.3 is 0 Å². The van der Waals surface area contributed by atoms with Crippen LogP contribution in [0.5, 0.6) is 0 Å². The number of halogens is 1. The van der Waals surface area contributed by atoms with E-state index >= 15 is 0 Å². The molecule has 0 spiro atoms. The molecule has 0 saturated heterocycles. The molecule has 4 nitrogen and oxygen atoms in total. The highest BCUT2D eigenvalue weighted by Crippen LogP contribution is 2.31. The lowest BCUT2D eigenvalue weighted by Crippen LogP contribution is -2.29. The van der Waals surface area contributed by atoms with Crippen LogP contribution in [0.3, 0.4) is 0 Å². The van der Waals surface area contributed by atoms with E-state index in [0.717, 1.165) is 21.2 Å². The summed E-state index contributed by atoms with van der Waals surface area (Å²) in [6.07, 6.45) is 1.48. The average Bonchev–Trinajstić information content (AvgIpc) is 2.62. The molecule has 2 heterocycles. The third-order valence-electron chi connectivity index (χ3n) is 3.83. The summed E-state index contributed by atoms with van der Waals surface area (Å²) in [6, 6.07) is 20.9. The lowest BCUT2D eigenvalue weighted by molar-refractivity contribution is -0.592. The summed E-state index contributed by atoms with van der Waals surface area (Å²) in [6.45, 7) is 0. The van der Waals surface area contributed by atoms with Gasteiger partial charge in [0.15, 0.2) is 6.20 Å². The number of pyridine rings is 1. The molecule has 4 aromatic rings. The fourth-order valence-electron chi connectivity index (χ4n) is 2.78. The second-order valence-electron chi connectivity index (χ2n) is 5.33. The van der Waals surface area contributed by atoms with Gasteiger partial charge in [-0.2, -0.15) is 4.73 Å². The number of hydrogen-bond donors (Lipinski definition) is 0. The van der Waals surface area contributed by atoms with Gasteiger partial charge in [-0.15, -0.1) is 0 Å². The number of fused-ring (bicyclic) bond motifs is 1. The summed E-state index contributed by atoms with van der Waals surface area (Å²) in [7, 11) is 0. The number of rotatable bonds is 2. The van der Waals surface area contributed by atoms with Gasteiger partial charge in [0, 0.05) is 22.6 Å². The SMILES string of the molecule is [O-][n+]1ccc2c(-c3ccccc3)nc(Cl)nc2c1-c1ccccc1. The molecule has 0 fully saturated rings. The van der Waals surface area contributed by atoms with Crippen LogP contribution in [0.1, 0.15) is 0 Å². The molecule has 24 heavy (non-hydrogen) atoms. The predicted molar refractivity (Wildman–Crippen MR) is 94.4 cm³/mol. The van der Waals surface area contributed by atoms with Crippen molar-refractivity contribution in [1.82, 2.24) is 9.97 Å². The molecule has 0 amide bonds. The van der Waals surface area contributed by atoms with Gasteiger partial charge in [0.25, 0.3) is 0 Å². The molecule has 0 atom stereocenters. The maximum atomic E-state index is 12.4. The van der Waals surface area contributed by atoms with Crippen molar-refractivity contribution in [3.63, 3.8) is 0 Å². The van der Waals surface area contributed by atoms with Crippen molar-refractivity contribution >= 4 is 22.5 Å². The van der Waals surface area contributed by atoms with Crippen molar-refractivity contribution in [2.45, 2.75) is 0 Å². The molecule has 0 radical (unpaired) electrons. The molecule has 2 aromatic carbocycles. The minimum atomic E-state index is 0.115. The van der Waals surface area contributed by atoms with E-state index in [-0.39, 0.29) is 5.28 Å². The highest BCUT2D eigenvalue weighted by Gasteiger charge is 2.19. The quantitative estimate of drug-likeness (QED) is 0.313. The van der Waals surface area contributed by atoms with Gasteiger partial charge in [-0.1, -0.05) is 48.5 Å². The van der Waals surface area contributed by atoms with Crippen molar-refractivity contribution in [2.75, 3.05) is 0 Å². The van der Waals surface area contributed by atoms with Crippen molar-refractivity contribution in [2.24, 2.45) is 0 Å². The molecular weight excluding hydrogens is 322 g/mol. The van der Waals surface area contributed by atoms with Gasteiger partial charge in [0.1, 0.15) is 5.52 Å². The molecule has 0 saturated carbocycles. The zero-order chi connectivity index (χ0) is 16.5. The van der Waals surface area contributed by atoms with Crippen molar-refractivity contribution in [3.05, 3.63) is 83.4 Å². The molecule has 5 heteroatoms. The van der Waals surface area contributed by atoms with Crippen LogP contribution < -0.4 is 4.73 Å². The van der Waals surface area contributed by atoms with Gasteiger partial charge in [-0.3, -0.25) is 0 Å². The smallest absolute Gasteiger partial charge is 0.250 e. The molecule has 0 aliphatic rings. The first-order chi connectivity index (χ1) is 11.7. The van der Waals surface area contributed by atoms with Crippen LogP contribution in [0.4, 0.5) is 0 Å². The average molecular weight is 334 g/mol. The van der Waals surface area contributed by atoms with Crippen LogP contribution in [-0.2, 0) is 0 Å². The van der Waals surface area contributed by atoms with E-state index in [4.69, 9.17) is 11.6 Å². The molecule has 0 bridgehead atoms. The van der Waals surface area contributed by atoms with Crippen LogP contribution in [0, 0.1) is 5.21 Å². The summed E-state index contributed by atoms with van der Waals surface area (Å²) in [5.74, 6) is 0. The Labute approximate surface area is 143 Å². The molecule has 4 rings (SSSR count). The number of benzene rings is 2. The Morgan fingerprint density at radius 2 is 1.42 bits per heavy atom. The Bertz CT molecular complexity index is 1020. The van der Waals surface area contributed by atoms with E-state index in [1.54, 1.807) is 6.07 Å². The van der Waals surface area contributed by atoms with Crippen molar-refractivity contribution in [1.29, 1.82) is 0 Å². The van der Waals surface area contributed by atoms with Crippen LogP contribution in [0.25, 0.3) is 33.4 Å². The maximum Gasteiger partial charge on any atom is 0.250 e.